The zero-order valence-electron chi connectivity index (χ0n) is 21.2. The van der Waals surface area contributed by atoms with E-state index in [1.807, 2.05) is 24.3 Å². The Kier molecular flexibility index (Phi) is 8.78. The first-order chi connectivity index (χ1) is 17.8. The number of rotatable bonds is 11. The summed E-state index contributed by atoms with van der Waals surface area (Å²) in [5.74, 6) is 0.218. The molecule has 2 heterocycles. The molecule has 0 aliphatic carbocycles. The van der Waals surface area contributed by atoms with Crippen LogP contribution in [0.4, 0.5) is 33.2 Å². The van der Waals surface area contributed by atoms with Gasteiger partial charge in [-0.15, -0.1) is 0 Å². The summed E-state index contributed by atoms with van der Waals surface area (Å²) in [6.45, 7) is 5.80. The number of nitrogens with one attached hydrogen (secondary N) is 2. The van der Waals surface area contributed by atoms with Crippen LogP contribution in [0.5, 0.6) is 5.75 Å². The maximum absolute atomic E-state index is 14.6. The van der Waals surface area contributed by atoms with E-state index in [4.69, 9.17) is 4.74 Å². The summed E-state index contributed by atoms with van der Waals surface area (Å²) in [5.41, 5.74) is 1.52. The molecule has 0 bridgehead atoms. The lowest BCUT2D eigenvalue weighted by atomic mass is 10.1. The van der Waals surface area contributed by atoms with Crippen LogP contribution in [0, 0.1) is 5.82 Å². The number of nitrogens with zero attached hydrogens (tertiary/aromatic N) is 4. The molecule has 4 rings (SSSR count). The summed E-state index contributed by atoms with van der Waals surface area (Å²) in [6, 6.07) is 14.2. The Labute approximate surface area is 217 Å². The Balaban J connectivity index is 1.41. The van der Waals surface area contributed by atoms with E-state index < -0.39 is 15.8 Å². The Morgan fingerprint density at radius 3 is 2.49 bits per heavy atom. The first-order valence-electron chi connectivity index (χ1n) is 12.4. The van der Waals surface area contributed by atoms with E-state index in [-0.39, 0.29) is 18.3 Å². The third-order valence-corrected chi connectivity index (χ3v) is 7.35. The van der Waals surface area contributed by atoms with Gasteiger partial charge in [0.05, 0.1) is 23.8 Å². The highest BCUT2D eigenvalue weighted by molar-refractivity contribution is 7.92. The first-order valence-corrected chi connectivity index (χ1v) is 14.3. The largest absolute Gasteiger partial charge is 0.492 e. The molecule has 0 spiro atoms. The van der Waals surface area contributed by atoms with Crippen LogP contribution < -0.4 is 19.7 Å². The molecular formula is C26H33FN6O3S. The number of halogens is 1. The molecule has 2 N–H and O–H groups in total. The average Bonchev–Trinajstić information content (AvgIpc) is 2.88. The average molecular weight is 529 g/mol. The fourth-order valence-electron chi connectivity index (χ4n) is 4.26. The fourth-order valence-corrected chi connectivity index (χ4v) is 5.25. The molecule has 1 aromatic heterocycles. The number of ether oxygens (including phenoxy) is 1. The van der Waals surface area contributed by atoms with Crippen molar-refractivity contribution in [2.75, 3.05) is 54.0 Å². The van der Waals surface area contributed by atoms with Crippen molar-refractivity contribution in [2.24, 2.45) is 0 Å². The highest BCUT2D eigenvalue weighted by Gasteiger charge is 2.19. The number of anilines is 5. The predicted molar refractivity (Wildman–Crippen MR) is 145 cm³/mol. The third kappa shape index (κ3) is 7.30. The molecule has 1 fully saturated rings. The Morgan fingerprint density at radius 2 is 1.78 bits per heavy atom. The fraction of sp³-hybridized carbons (Fsp3) is 0.385. The van der Waals surface area contributed by atoms with E-state index in [1.54, 1.807) is 31.2 Å². The van der Waals surface area contributed by atoms with Gasteiger partial charge >= 0.3 is 0 Å². The molecule has 9 nitrogen and oxygen atoms in total. The minimum absolute atomic E-state index is 0.0767. The van der Waals surface area contributed by atoms with Gasteiger partial charge in [0.1, 0.15) is 12.4 Å². The van der Waals surface area contributed by atoms with Gasteiger partial charge in [-0.2, -0.15) is 4.98 Å². The van der Waals surface area contributed by atoms with Gasteiger partial charge in [0.2, 0.25) is 16.0 Å². The van der Waals surface area contributed by atoms with Crippen molar-refractivity contribution in [3.05, 3.63) is 60.5 Å². The number of likely N-dealkylation sites (tertiary alicyclic amines) is 1. The standard InChI is InChI=1S/C26H33FN6O3S/c1-3-33(37(2,34)35)24-10-6-5-9-23(24)30-25-22(27)19-28-26(31-25)29-20-11-13-21(14-12-20)36-18-17-32-15-7-4-8-16-32/h5-6,9-14,19H,3-4,7-8,15-18H2,1-2H3,(H2,28,29,30,31). The summed E-state index contributed by atoms with van der Waals surface area (Å²) >= 11 is 0. The number of para-hydroxylation sites is 2. The van der Waals surface area contributed by atoms with Crippen LogP contribution in [0.2, 0.25) is 0 Å². The number of hydrogen-bond acceptors (Lipinski definition) is 8. The second kappa shape index (κ2) is 12.2. The van der Waals surface area contributed by atoms with Crippen LogP contribution in [0.3, 0.4) is 0 Å². The molecule has 1 saturated heterocycles. The van der Waals surface area contributed by atoms with Crippen molar-refractivity contribution in [1.29, 1.82) is 0 Å². The molecule has 11 heteroatoms. The molecule has 0 saturated carbocycles. The van der Waals surface area contributed by atoms with Crippen molar-refractivity contribution in [1.82, 2.24) is 14.9 Å². The van der Waals surface area contributed by atoms with Gasteiger partial charge in [0, 0.05) is 18.8 Å². The highest BCUT2D eigenvalue weighted by atomic mass is 32.2. The lowest BCUT2D eigenvalue weighted by Gasteiger charge is -2.26. The van der Waals surface area contributed by atoms with Gasteiger partial charge in [-0.05, 0) is 69.3 Å². The lowest BCUT2D eigenvalue weighted by Crippen LogP contribution is -2.33. The lowest BCUT2D eigenvalue weighted by molar-refractivity contribution is 0.183. The predicted octanol–water partition coefficient (Wildman–Crippen LogP) is 4.75. The summed E-state index contributed by atoms with van der Waals surface area (Å²) in [5, 5.41) is 5.98. The van der Waals surface area contributed by atoms with Crippen LogP contribution >= 0.6 is 0 Å². The monoisotopic (exact) mass is 528 g/mol. The quantitative estimate of drug-likeness (QED) is 0.368. The molecule has 198 valence electrons. The minimum atomic E-state index is -3.52. The van der Waals surface area contributed by atoms with Crippen molar-refractivity contribution < 1.29 is 17.5 Å². The van der Waals surface area contributed by atoms with Crippen molar-refractivity contribution in [3.8, 4) is 5.75 Å². The second-order valence-electron chi connectivity index (χ2n) is 8.86. The summed E-state index contributed by atoms with van der Waals surface area (Å²) in [6.07, 6.45) is 6.02. The minimum Gasteiger partial charge on any atom is -0.492 e. The second-order valence-corrected chi connectivity index (χ2v) is 10.8. The van der Waals surface area contributed by atoms with Crippen molar-refractivity contribution in [3.63, 3.8) is 0 Å². The molecule has 2 aromatic carbocycles. The molecule has 0 atom stereocenters. The van der Waals surface area contributed by atoms with E-state index >= 15 is 0 Å². The highest BCUT2D eigenvalue weighted by Crippen LogP contribution is 2.31. The number of piperidine rings is 1. The SMILES string of the molecule is CCN(c1ccccc1Nc1nc(Nc2ccc(OCCN3CCCCC3)cc2)ncc1F)S(C)(=O)=O. The summed E-state index contributed by atoms with van der Waals surface area (Å²) < 4.78 is 46.1. The zero-order chi connectivity index (χ0) is 26.3. The van der Waals surface area contributed by atoms with Gasteiger partial charge in [-0.1, -0.05) is 18.6 Å². The molecule has 1 aliphatic rings. The Morgan fingerprint density at radius 1 is 1.05 bits per heavy atom. The van der Waals surface area contributed by atoms with Crippen molar-refractivity contribution in [2.45, 2.75) is 26.2 Å². The van der Waals surface area contributed by atoms with Crippen LogP contribution in [0.15, 0.2) is 54.7 Å². The molecule has 3 aromatic rings. The van der Waals surface area contributed by atoms with E-state index in [1.165, 1.54) is 23.6 Å². The van der Waals surface area contributed by atoms with E-state index in [9.17, 15) is 12.8 Å². The van der Waals surface area contributed by atoms with Gasteiger partial charge in [-0.3, -0.25) is 9.21 Å². The van der Waals surface area contributed by atoms with Gasteiger partial charge in [0.25, 0.3) is 0 Å². The molecule has 0 amide bonds. The van der Waals surface area contributed by atoms with Crippen molar-refractivity contribution >= 4 is 38.9 Å². The third-order valence-electron chi connectivity index (χ3n) is 6.09. The molecular weight excluding hydrogens is 495 g/mol. The topological polar surface area (TPSA) is 99.7 Å². The van der Waals surface area contributed by atoms with Crippen LogP contribution in [-0.4, -0.2) is 62.3 Å². The first kappa shape index (κ1) is 26.6. The van der Waals surface area contributed by atoms with Crippen LogP contribution in [-0.2, 0) is 10.0 Å². The van der Waals surface area contributed by atoms with E-state index in [0.29, 0.717) is 18.0 Å². The maximum Gasteiger partial charge on any atom is 0.232 e. The van der Waals surface area contributed by atoms with Gasteiger partial charge < -0.3 is 15.4 Å². The molecule has 0 unspecified atom stereocenters. The number of hydrogen-bond donors (Lipinski definition) is 2. The van der Waals surface area contributed by atoms with Crippen LogP contribution in [0.25, 0.3) is 0 Å². The smallest absolute Gasteiger partial charge is 0.232 e. The van der Waals surface area contributed by atoms with E-state index in [0.717, 1.165) is 43.5 Å². The van der Waals surface area contributed by atoms with E-state index in [2.05, 4.69) is 25.5 Å². The summed E-state index contributed by atoms with van der Waals surface area (Å²) in [4.78, 5) is 10.7. The summed E-state index contributed by atoms with van der Waals surface area (Å²) in [7, 11) is -3.52. The van der Waals surface area contributed by atoms with Gasteiger partial charge in [-0.25, -0.2) is 17.8 Å². The maximum atomic E-state index is 14.6. The number of aromatic nitrogens is 2. The Bertz CT molecular complexity index is 1280. The number of sulfonamides is 1. The van der Waals surface area contributed by atoms with Gasteiger partial charge in [0.15, 0.2) is 11.6 Å². The molecule has 0 radical (unpaired) electrons. The Hall–Kier alpha value is -3.44. The normalized spacial score (nSPS) is 14.2. The molecule has 1 aliphatic heterocycles. The van der Waals surface area contributed by atoms with Crippen LogP contribution in [0.1, 0.15) is 26.2 Å². The zero-order valence-corrected chi connectivity index (χ0v) is 22.0. The molecule has 37 heavy (non-hydrogen) atoms. The number of benzene rings is 2.